The highest BCUT2D eigenvalue weighted by molar-refractivity contribution is 6.33. The fourth-order valence-corrected chi connectivity index (χ4v) is 3.08. The fourth-order valence-electron chi connectivity index (χ4n) is 2.79. The van der Waals surface area contributed by atoms with Crippen molar-refractivity contribution in [1.82, 2.24) is 9.97 Å². The number of aryl methyl sites for hydroxylation is 2. The first kappa shape index (κ1) is 15.1. The molecular weight excluding hydrogens is 296 g/mol. The van der Waals surface area contributed by atoms with E-state index in [1.165, 1.54) is 23.2 Å². The van der Waals surface area contributed by atoms with Crippen LogP contribution < -0.4 is 10.6 Å². The van der Waals surface area contributed by atoms with Crippen LogP contribution in [0.4, 0.5) is 11.5 Å². The van der Waals surface area contributed by atoms with Crippen LogP contribution in [-0.4, -0.2) is 16.5 Å². The molecule has 2 heterocycles. The van der Waals surface area contributed by atoms with Crippen molar-refractivity contribution in [2.75, 3.05) is 17.2 Å². The van der Waals surface area contributed by atoms with Crippen molar-refractivity contribution in [3.63, 3.8) is 0 Å². The van der Waals surface area contributed by atoms with Gasteiger partial charge in [0.2, 0.25) is 0 Å². The van der Waals surface area contributed by atoms with Crippen molar-refractivity contribution in [3.05, 3.63) is 46.4 Å². The molecular formula is C17H21ClN4. The Bertz CT molecular complexity index is 672. The Kier molecular flexibility index (Phi) is 4.48. The molecule has 0 bridgehead atoms. The van der Waals surface area contributed by atoms with Crippen LogP contribution >= 0.6 is 11.6 Å². The van der Waals surface area contributed by atoms with Gasteiger partial charge >= 0.3 is 0 Å². The van der Waals surface area contributed by atoms with Gasteiger partial charge in [0.1, 0.15) is 17.2 Å². The molecule has 2 N–H and O–H groups in total. The van der Waals surface area contributed by atoms with E-state index in [1.807, 2.05) is 6.92 Å². The van der Waals surface area contributed by atoms with Crippen LogP contribution in [0, 0.1) is 0 Å². The fraction of sp³-hybridized carbons (Fsp3) is 0.412. The summed E-state index contributed by atoms with van der Waals surface area (Å²) in [5.74, 6) is 0.701. The molecule has 0 aliphatic carbocycles. The van der Waals surface area contributed by atoms with E-state index in [4.69, 9.17) is 11.6 Å². The van der Waals surface area contributed by atoms with E-state index in [1.54, 1.807) is 6.33 Å². The van der Waals surface area contributed by atoms with Crippen LogP contribution in [0.3, 0.4) is 0 Å². The number of anilines is 2. The maximum atomic E-state index is 6.36. The first-order valence-electron chi connectivity index (χ1n) is 7.81. The van der Waals surface area contributed by atoms with Crippen molar-refractivity contribution in [3.8, 4) is 0 Å². The molecule has 0 radical (unpaired) electrons. The summed E-state index contributed by atoms with van der Waals surface area (Å²) in [4.78, 5) is 8.47. The van der Waals surface area contributed by atoms with Crippen molar-refractivity contribution >= 4 is 23.1 Å². The molecule has 0 amide bonds. The molecule has 1 aliphatic heterocycles. The summed E-state index contributed by atoms with van der Waals surface area (Å²) in [5, 5.41) is 7.49. The number of aromatic nitrogens is 2. The second-order valence-corrected chi connectivity index (χ2v) is 6.03. The van der Waals surface area contributed by atoms with E-state index in [0.717, 1.165) is 25.1 Å². The van der Waals surface area contributed by atoms with Gasteiger partial charge in [-0.05, 0) is 43.4 Å². The van der Waals surface area contributed by atoms with Gasteiger partial charge in [0, 0.05) is 12.2 Å². The van der Waals surface area contributed by atoms with E-state index in [-0.39, 0.29) is 6.04 Å². The highest BCUT2D eigenvalue weighted by Gasteiger charge is 2.14. The van der Waals surface area contributed by atoms with Crippen molar-refractivity contribution in [2.24, 2.45) is 0 Å². The summed E-state index contributed by atoms with van der Waals surface area (Å²) >= 11 is 6.36. The van der Waals surface area contributed by atoms with Crippen molar-refractivity contribution < 1.29 is 0 Å². The first-order chi connectivity index (χ1) is 10.7. The third kappa shape index (κ3) is 3.02. The average molecular weight is 317 g/mol. The summed E-state index contributed by atoms with van der Waals surface area (Å²) in [5.41, 5.74) is 4.75. The minimum absolute atomic E-state index is 0.131. The number of benzene rings is 1. The average Bonchev–Trinajstić information content (AvgIpc) is 2.56. The van der Waals surface area contributed by atoms with Gasteiger partial charge in [-0.15, -0.1) is 0 Å². The Morgan fingerprint density at radius 1 is 1.36 bits per heavy atom. The summed E-state index contributed by atoms with van der Waals surface area (Å²) in [6.45, 7) is 5.21. The van der Waals surface area contributed by atoms with Gasteiger partial charge in [-0.25, -0.2) is 9.97 Å². The highest BCUT2D eigenvalue weighted by atomic mass is 35.5. The smallest absolute Gasteiger partial charge is 0.148 e. The maximum absolute atomic E-state index is 6.36. The van der Waals surface area contributed by atoms with Crippen LogP contribution in [0.5, 0.6) is 0 Å². The molecule has 4 nitrogen and oxygen atoms in total. The Balaban J connectivity index is 1.81. The first-order valence-corrected chi connectivity index (χ1v) is 8.19. The Morgan fingerprint density at radius 2 is 2.23 bits per heavy atom. The van der Waals surface area contributed by atoms with E-state index in [0.29, 0.717) is 10.8 Å². The van der Waals surface area contributed by atoms with Crippen LogP contribution in [0.25, 0.3) is 0 Å². The molecule has 0 spiro atoms. The van der Waals surface area contributed by atoms with Crippen LogP contribution in [0.1, 0.15) is 43.1 Å². The molecule has 1 aromatic carbocycles. The minimum atomic E-state index is 0.131. The predicted molar refractivity (Wildman–Crippen MR) is 91.7 cm³/mol. The molecule has 1 unspecified atom stereocenters. The SMILES string of the molecule is CCc1ncnc(NC(C)c2ccc3c(c2)NCCC3)c1Cl. The quantitative estimate of drug-likeness (QED) is 0.886. The maximum Gasteiger partial charge on any atom is 0.148 e. The minimum Gasteiger partial charge on any atom is -0.385 e. The molecule has 1 aromatic heterocycles. The van der Waals surface area contributed by atoms with Gasteiger partial charge in [0.05, 0.1) is 11.7 Å². The topological polar surface area (TPSA) is 49.8 Å². The van der Waals surface area contributed by atoms with Gasteiger partial charge in [-0.3, -0.25) is 0 Å². The van der Waals surface area contributed by atoms with Crippen molar-refractivity contribution in [2.45, 2.75) is 39.2 Å². The normalized spacial score (nSPS) is 14.9. The molecule has 22 heavy (non-hydrogen) atoms. The lowest BCUT2D eigenvalue weighted by Gasteiger charge is -2.22. The van der Waals surface area contributed by atoms with E-state index in [9.17, 15) is 0 Å². The van der Waals surface area contributed by atoms with E-state index >= 15 is 0 Å². The Hall–Kier alpha value is -1.81. The summed E-state index contributed by atoms with van der Waals surface area (Å²) in [6.07, 6.45) is 4.72. The number of nitrogens with one attached hydrogen (secondary N) is 2. The number of halogens is 1. The van der Waals surface area contributed by atoms with E-state index < -0.39 is 0 Å². The lowest BCUT2D eigenvalue weighted by molar-refractivity contribution is 0.820. The van der Waals surface area contributed by atoms with Crippen LogP contribution in [0.2, 0.25) is 5.02 Å². The number of hydrogen-bond acceptors (Lipinski definition) is 4. The van der Waals surface area contributed by atoms with Gasteiger partial charge in [-0.2, -0.15) is 0 Å². The zero-order chi connectivity index (χ0) is 15.5. The molecule has 3 rings (SSSR count). The largest absolute Gasteiger partial charge is 0.385 e. The van der Waals surface area contributed by atoms with Gasteiger partial charge in [0.25, 0.3) is 0 Å². The molecule has 5 heteroatoms. The molecule has 1 atom stereocenters. The predicted octanol–water partition coefficient (Wildman–Crippen LogP) is 4.22. The van der Waals surface area contributed by atoms with Crippen molar-refractivity contribution in [1.29, 1.82) is 0 Å². The molecule has 2 aromatic rings. The zero-order valence-electron chi connectivity index (χ0n) is 13.0. The molecule has 116 valence electrons. The number of fused-ring (bicyclic) bond motifs is 1. The lowest BCUT2D eigenvalue weighted by Crippen LogP contribution is -2.14. The second kappa shape index (κ2) is 6.53. The Morgan fingerprint density at radius 3 is 3.05 bits per heavy atom. The third-order valence-electron chi connectivity index (χ3n) is 4.12. The molecule has 1 aliphatic rings. The lowest BCUT2D eigenvalue weighted by atomic mass is 9.99. The van der Waals surface area contributed by atoms with E-state index in [2.05, 4.69) is 45.7 Å². The Labute approximate surface area is 136 Å². The summed E-state index contributed by atoms with van der Waals surface area (Å²) in [7, 11) is 0. The number of nitrogens with zero attached hydrogens (tertiary/aromatic N) is 2. The highest BCUT2D eigenvalue weighted by Crippen LogP contribution is 2.29. The summed E-state index contributed by atoms with van der Waals surface area (Å²) < 4.78 is 0. The molecule has 0 saturated heterocycles. The molecule has 0 saturated carbocycles. The molecule has 0 fully saturated rings. The second-order valence-electron chi connectivity index (χ2n) is 5.65. The van der Waals surface area contributed by atoms with Gasteiger partial charge in [0.15, 0.2) is 0 Å². The zero-order valence-corrected chi connectivity index (χ0v) is 13.7. The van der Waals surface area contributed by atoms with Crippen LogP contribution in [0.15, 0.2) is 24.5 Å². The third-order valence-corrected chi connectivity index (χ3v) is 4.52. The standard InChI is InChI=1S/C17H21ClN4/c1-3-14-16(18)17(21-10-20-14)22-11(2)13-7-6-12-5-4-8-19-15(12)9-13/h6-7,9-11,19H,3-5,8H2,1-2H3,(H,20,21,22). The number of rotatable bonds is 4. The number of hydrogen-bond donors (Lipinski definition) is 2. The van der Waals surface area contributed by atoms with Gasteiger partial charge in [-0.1, -0.05) is 30.7 Å². The van der Waals surface area contributed by atoms with Gasteiger partial charge < -0.3 is 10.6 Å². The summed E-state index contributed by atoms with van der Waals surface area (Å²) in [6, 6.07) is 6.75. The monoisotopic (exact) mass is 316 g/mol. The van der Waals surface area contributed by atoms with Crippen LogP contribution in [-0.2, 0) is 12.8 Å².